The number of benzene rings is 1. The van der Waals surface area contributed by atoms with E-state index in [2.05, 4.69) is 21.7 Å². The minimum atomic E-state index is 0. The number of guanidine groups is 1. The van der Waals surface area contributed by atoms with E-state index in [-0.39, 0.29) is 36.4 Å². The Morgan fingerprint density at radius 2 is 2.04 bits per heavy atom. The van der Waals surface area contributed by atoms with Crippen molar-refractivity contribution in [2.75, 3.05) is 44.3 Å². The van der Waals surface area contributed by atoms with E-state index >= 15 is 0 Å². The monoisotopic (exact) mass is 488 g/mol. The molecule has 0 spiro atoms. The first-order valence-electron chi connectivity index (χ1n) is 9.74. The molecule has 152 valence electrons. The summed E-state index contributed by atoms with van der Waals surface area (Å²) in [6.45, 7) is 8.10. The van der Waals surface area contributed by atoms with Gasteiger partial charge in [-0.3, -0.25) is 4.79 Å². The van der Waals surface area contributed by atoms with Crippen LogP contribution in [0.2, 0.25) is 0 Å². The number of rotatable bonds is 9. The zero-order valence-corrected chi connectivity index (χ0v) is 18.8. The molecule has 1 heterocycles. The predicted octanol–water partition coefficient (Wildman–Crippen LogP) is 2.96. The van der Waals surface area contributed by atoms with Crippen molar-refractivity contribution in [1.82, 2.24) is 10.6 Å². The molecule has 2 N–H and O–H groups in total. The highest BCUT2D eigenvalue weighted by molar-refractivity contribution is 14.0. The van der Waals surface area contributed by atoms with Crippen molar-refractivity contribution in [2.24, 2.45) is 4.99 Å². The van der Waals surface area contributed by atoms with Crippen LogP contribution in [0.25, 0.3) is 0 Å². The molecule has 0 bridgehead atoms. The molecule has 6 nitrogen and oxygen atoms in total. The zero-order chi connectivity index (χ0) is 18.6. The molecule has 2 rings (SSSR count). The number of aryl methyl sites for hydroxylation is 1. The van der Waals surface area contributed by atoms with E-state index in [1.54, 1.807) is 0 Å². The second-order valence-electron chi connectivity index (χ2n) is 6.30. The Balaban J connectivity index is 0.00000364. The zero-order valence-electron chi connectivity index (χ0n) is 16.5. The Labute approximate surface area is 180 Å². The van der Waals surface area contributed by atoms with Gasteiger partial charge in [0.1, 0.15) is 6.54 Å². The summed E-state index contributed by atoms with van der Waals surface area (Å²) in [5.41, 5.74) is 2.28. The van der Waals surface area contributed by atoms with Crippen LogP contribution >= 0.6 is 24.0 Å². The molecule has 1 aliphatic heterocycles. The number of para-hydroxylation sites is 1. The van der Waals surface area contributed by atoms with Gasteiger partial charge in [0.15, 0.2) is 5.96 Å². The molecule has 7 heteroatoms. The maximum atomic E-state index is 12.7. The van der Waals surface area contributed by atoms with Crippen molar-refractivity contribution in [3.05, 3.63) is 29.8 Å². The highest BCUT2D eigenvalue weighted by atomic mass is 127. The molecule has 1 amide bonds. The van der Waals surface area contributed by atoms with Crippen LogP contribution in [0.5, 0.6) is 0 Å². The lowest BCUT2D eigenvalue weighted by molar-refractivity contribution is -0.117. The van der Waals surface area contributed by atoms with E-state index < -0.39 is 0 Å². The number of carbonyl (C=O) groups is 1. The van der Waals surface area contributed by atoms with Crippen LogP contribution in [0.4, 0.5) is 5.69 Å². The topological polar surface area (TPSA) is 66.0 Å². The average Bonchev–Trinajstić information content (AvgIpc) is 2.68. The van der Waals surface area contributed by atoms with Gasteiger partial charge in [-0.1, -0.05) is 18.2 Å². The Morgan fingerprint density at radius 3 is 2.81 bits per heavy atom. The highest BCUT2D eigenvalue weighted by Crippen LogP contribution is 2.26. The van der Waals surface area contributed by atoms with Gasteiger partial charge in [-0.25, -0.2) is 4.99 Å². The fourth-order valence-electron chi connectivity index (χ4n) is 3.05. The molecule has 1 aromatic carbocycles. The van der Waals surface area contributed by atoms with Gasteiger partial charge in [0.25, 0.3) is 0 Å². The summed E-state index contributed by atoms with van der Waals surface area (Å²) in [6, 6.07) is 8.15. The summed E-state index contributed by atoms with van der Waals surface area (Å²) in [7, 11) is 0. The lowest BCUT2D eigenvalue weighted by atomic mass is 10.0. The summed E-state index contributed by atoms with van der Waals surface area (Å²) in [5.74, 6) is 0.744. The van der Waals surface area contributed by atoms with Crippen LogP contribution in [0.15, 0.2) is 29.3 Å². The number of anilines is 1. The van der Waals surface area contributed by atoms with Gasteiger partial charge in [-0.05, 0) is 51.2 Å². The van der Waals surface area contributed by atoms with Crippen LogP contribution in [-0.2, 0) is 16.0 Å². The molecule has 1 aliphatic rings. The number of hydrogen-bond acceptors (Lipinski definition) is 3. The fraction of sp³-hybridized carbons (Fsp3) is 0.600. The minimum Gasteiger partial charge on any atom is -0.382 e. The SMILES string of the molecule is CCNC(=NCC(=O)N1CCCc2ccccc21)NCCCCOCC.I. The molecule has 0 atom stereocenters. The van der Waals surface area contributed by atoms with Crippen LogP contribution < -0.4 is 15.5 Å². The molecule has 0 radical (unpaired) electrons. The number of nitrogens with zero attached hydrogens (tertiary/aromatic N) is 2. The summed E-state index contributed by atoms with van der Waals surface area (Å²) in [5, 5.41) is 6.49. The quantitative estimate of drug-likeness (QED) is 0.243. The van der Waals surface area contributed by atoms with Gasteiger partial charge in [0, 0.05) is 38.5 Å². The second kappa shape index (κ2) is 13.8. The molecule has 1 aromatic rings. The summed E-state index contributed by atoms with van der Waals surface area (Å²) in [6.07, 6.45) is 4.07. The van der Waals surface area contributed by atoms with Gasteiger partial charge in [0.2, 0.25) is 5.91 Å². The van der Waals surface area contributed by atoms with Gasteiger partial charge < -0.3 is 20.3 Å². The fourth-order valence-corrected chi connectivity index (χ4v) is 3.05. The number of aliphatic imine (C=N–C) groups is 1. The minimum absolute atomic E-state index is 0. The number of amides is 1. The highest BCUT2D eigenvalue weighted by Gasteiger charge is 2.21. The number of carbonyl (C=O) groups excluding carboxylic acids is 1. The number of fused-ring (bicyclic) bond motifs is 1. The van der Waals surface area contributed by atoms with E-state index in [0.29, 0.717) is 5.96 Å². The molecule has 0 saturated carbocycles. The Bertz CT molecular complexity index is 595. The van der Waals surface area contributed by atoms with Crippen LogP contribution in [0.1, 0.15) is 38.7 Å². The van der Waals surface area contributed by atoms with Gasteiger partial charge in [0.05, 0.1) is 0 Å². The summed E-state index contributed by atoms with van der Waals surface area (Å²) < 4.78 is 5.34. The van der Waals surface area contributed by atoms with Crippen molar-refractivity contribution in [3.8, 4) is 0 Å². The van der Waals surface area contributed by atoms with E-state index in [4.69, 9.17) is 4.74 Å². The molecule has 0 saturated heterocycles. The third kappa shape index (κ3) is 8.04. The number of hydrogen-bond donors (Lipinski definition) is 2. The van der Waals surface area contributed by atoms with Gasteiger partial charge in [-0.15, -0.1) is 24.0 Å². The number of ether oxygens (including phenoxy) is 1. The third-order valence-electron chi connectivity index (χ3n) is 4.34. The summed E-state index contributed by atoms with van der Waals surface area (Å²) >= 11 is 0. The van der Waals surface area contributed by atoms with E-state index in [0.717, 1.165) is 64.2 Å². The summed E-state index contributed by atoms with van der Waals surface area (Å²) in [4.78, 5) is 19.0. The van der Waals surface area contributed by atoms with Crippen molar-refractivity contribution in [2.45, 2.75) is 39.5 Å². The van der Waals surface area contributed by atoms with Crippen molar-refractivity contribution >= 4 is 41.5 Å². The molecule has 0 aromatic heterocycles. The Kier molecular flexibility index (Phi) is 12.1. The third-order valence-corrected chi connectivity index (χ3v) is 4.34. The van der Waals surface area contributed by atoms with E-state index in [1.165, 1.54) is 5.56 Å². The predicted molar refractivity (Wildman–Crippen MR) is 122 cm³/mol. The maximum Gasteiger partial charge on any atom is 0.248 e. The Morgan fingerprint density at radius 1 is 1.22 bits per heavy atom. The first-order valence-corrected chi connectivity index (χ1v) is 9.74. The van der Waals surface area contributed by atoms with Crippen molar-refractivity contribution in [1.29, 1.82) is 0 Å². The molecular formula is C20H33IN4O2. The molecule has 0 aliphatic carbocycles. The maximum absolute atomic E-state index is 12.7. The lowest BCUT2D eigenvalue weighted by Gasteiger charge is -2.29. The van der Waals surface area contributed by atoms with E-state index in [9.17, 15) is 4.79 Å². The largest absolute Gasteiger partial charge is 0.382 e. The van der Waals surface area contributed by atoms with Gasteiger partial charge >= 0.3 is 0 Å². The number of unbranched alkanes of at least 4 members (excludes halogenated alkanes) is 1. The lowest BCUT2D eigenvalue weighted by Crippen LogP contribution is -2.40. The van der Waals surface area contributed by atoms with Gasteiger partial charge in [-0.2, -0.15) is 0 Å². The normalized spacial score (nSPS) is 13.6. The van der Waals surface area contributed by atoms with Crippen molar-refractivity contribution < 1.29 is 9.53 Å². The molecule has 27 heavy (non-hydrogen) atoms. The molecule has 0 fully saturated rings. The Hall–Kier alpha value is -1.35. The first kappa shape index (κ1) is 23.7. The van der Waals surface area contributed by atoms with E-state index in [1.807, 2.05) is 36.9 Å². The number of halogens is 1. The molecule has 0 unspecified atom stereocenters. The van der Waals surface area contributed by atoms with Crippen molar-refractivity contribution in [3.63, 3.8) is 0 Å². The average molecular weight is 488 g/mol. The molecular weight excluding hydrogens is 455 g/mol. The first-order chi connectivity index (χ1) is 12.8. The standard InChI is InChI=1S/C20H32N4O2.HI/c1-3-21-20(22-13-7-8-15-26-4-2)23-16-19(25)24-14-9-11-17-10-5-6-12-18(17)24;/h5-6,10,12H,3-4,7-9,11,13-16H2,1-2H3,(H2,21,22,23);1H. The van der Waals surface area contributed by atoms with Crippen LogP contribution in [0, 0.1) is 0 Å². The second-order valence-corrected chi connectivity index (χ2v) is 6.30. The number of nitrogens with one attached hydrogen (secondary N) is 2. The van der Waals surface area contributed by atoms with Crippen LogP contribution in [-0.4, -0.2) is 51.3 Å². The van der Waals surface area contributed by atoms with Crippen LogP contribution in [0.3, 0.4) is 0 Å². The smallest absolute Gasteiger partial charge is 0.248 e.